The maximum absolute atomic E-state index is 10.9. The van der Waals surface area contributed by atoms with Crippen molar-refractivity contribution in [3.8, 4) is 0 Å². The molecule has 1 N–H and O–H groups in total. The highest BCUT2D eigenvalue weighted by molar-refractivity contribution is 5.57. The van der Waals surface area contributed by atoms with E-state index in [1.807, 2.05) is 7.05 Å². The summed E-state index contributed by atoms with van der Waals surface area (Å²) in [7, 11) is 1.82. The zero-order chi connectivity index (χ0) is 9.42. The zero-order valence-electron chi connectivity index (χ0n) is 6.94. The molecule has 2 rings (SSSR count). The van der Waals surface area contributed by atoms with Gasteiger partial charge in [0.2, 0.25) is 10.9 Å². The van der Waals surface area contributed by atoms with E-state index in [1.165, 1.54) is 6.07 Å². The largest absolute Gasteiger partial charge is 0.338 e. The van der Waals surface area contributed by atoms with Gasteiger partial charge in [-0.25, -0.2) is 4.98 Å². The summed E-state index contributed by atoms with van der Waals surface area (Å²) in [6, 6.07) is 1.26. The number of hydrogen-bond donors (Lipinski definition) is 1. The number of hydrogen-bond acceptors (Lipinski definition) is 4. The second-order valence-corrected chi connectivity index (χ2v) is 2.80. The minimum Gasteiger partial charge on any atom is -0.338 e. The summed E-state index contributed by atoms with van der Waals surface area (Å²) in [5.74, 6) is 0.564. The molecule has 0 atom stereocenters. The first-order chi connectivity index (χ1) is 6.16. The van der Waals surface area contributed by atoms with Gasteiger partial charge in [-0.3, -0.25) is 9.59 Å². The molecule has 5 heteroatoms. The van der Waals surface area contributed by atoms with Crippen molar-refractivity contribution < 1.29 is 0 Å². The molecule has 5 nitrogen and oxygen atoms in total. The summed E-state index contributed by atoms with van der Waals surface area (Å²) >= 11 is 0. The van der Waals surface area contributed by atoms with Crippen molar-refractivity contribution in [1.29, 1.82) is 0 Å². The van der Waals surface area contributed by atoms with E-state index in [0.717, 1.165) is 0 Å². The average Bonchev–Trinajstić information content (AvgIpc) is 2.50. The van der Waals surface area contributed by atoms with Gasteiger partial charge >= 0.3 is 0 Å². The summed E-state index contributed by atoms with van der Waals surface area (Å²) in [5, 5.41) is 2.74. The van der Waals surface area contributed by atoms with E-state index in [0.29, 0.717) is 11.5 Å². The molecule has 1 aromatic carbocycles. The summed E-state index contributed by atoms with van der Waals surface area (Å²) in [4.78, 5) is 25.3. The topological polar surface area (TPSA) is 64.0 Å². The van der Waals surface area contributed by atoms with Crippen LogP contribution in [0.15, 0.2) is 28.2 Å². The van der Waals surface area contributed by atoms with Crippen LogP contribution >= 0.6 is 0 Å². The van der Waals surface area contributed by atoms with E-state index in [-0.39, 0.29) is 0 Å². The van der Waals surface area contributed by atoms with Crippen LogP contribution in [0.4, 0.5) is 11.5 Å². The van der Waals surface area contributed by atoms with Crippen LogP contribution in [0, 0.1) is 0 Å². The lowest BCUT2D eigenvalue weighted by atomic mass is 10.2. The maximum Gasteiger partial charge on any atom is 0.249 e. The second-order valence-electron chi connectivity index (χ2n) is 2.80. The Labute approximate surface area is 73.3 Å². The van der Waals surface area contributed by atoms with Crippen LogP contribution < -0.4 is 16.2 Å². The van der Waals surface area contributed by atoms with E-state index in [2.05, 4.69) is 10.3 Å². The molecule has 1 heterocycles. The molecular formula is C8H7N3O2. The number of aryl methyl sites for hydroxylation is 1. The summed E-state index contributed by atoms with van der Waals surface area (Å²) in [6.45, 7) is 0. The van der Waals surface area contributed by atoms with Crippen LogP contribution in [0.1, 0.15) is 0 Å². The van der Waals surface area contributed by atoms with Crippen LogP contribution in [-0.2, 0) is 7.05 Å². The first kappa shape index (κ1) is 7.72. The lowest BCUT2D eigenvalue weighted by Crippen LogP contribution is -2.31. The Morgan fingerprint density at radius 3 is 2.69 bits per heavy atom. The highest BCUT2D eigenvalue weighted by atomic mass is 16.2. The molecule has 0 spiro atoms. The van der Waals surface area contributed by atoms with Crippen LogP contribution in [-0.4, -0.2) is 9.55 Å². The number of imidazole rings is 1. The Morgan fingerprint density at radius 1 is 1.46 bits per heavy atom. The van der Waals surface area contributed by atoms with E-state index < -0.39 is 10.9 Å². The summed E-state index contributed by atoms with van der Waals surface area (Å²) in [5.41, 5.74) is -0.632. The van der Waals surface area contributed by atoms with E-state index in [4.69, 9.17) is 0 Å². The van der Waals surface area contributed by atoms with Crippen molar-refractivity contribution in [3.05, 3.63) is 39.0 Å². The van der Waals surface area contributed by atoms with Gasteiger partial charge in [0.25, 0.3) is 0 Å². The molecule has 0 radical (unpaired) electrons. The van der Waals surface area contributed by atoms with Crippen molar-refractivity contribution in [3.63, 3.8) is 0 Å². The Balaban J connectivity index is 2.22. The van der Waals surface area contributed by atoms with Crippen molar-refractivity contribution in [2.24, 2.45) is 7.05 Å². The zero-order valence-corrected chi connectivity index (χ0v) is 6.94. The SMILES string of the molecule is Cn1cnc(Nc2cc(=O)c2=O)c1. The van der Waals surface area contributed by atoms with Gasteiger partial charge in [-0.05, 0) is 0 Å². The molecule has 0 aliphatic heterocycles. The minimum absolute atomic E-state index is 0.309. The molecule has 0 aliphatic carbocycles. The van der Waals surface area contributed by atoms with Gasteiger partial charge in [-0.1, -0.05) is 0 Å². The molecular weight excluding hydrogens is 170 g/mol. The van der Waals surface area contributed by atoms with Crippen molar-refractivity contribution in [2.45, 2.75) is 0 Å². The maximum atomic E-state index is 10.9. The molecule has 0 amide bonds. The van der Waals surface area contributed by atoms with Crippen molar-refractivity contribution in [1.82, 2.24) is 9.55 Å². The molecule has 66 valence electrons. The van der Waals surface area contributed by atoms with Crippen LogP contribution in [0.2, 0.25) is 0 Å². The van der Waals surface area contributed by atoms with Crippen molar-refractivity contribution in [2.75, 3.05) is 5.32 Å². The van der Waals surface area contributed by atoms with E-state index >= 15 is 0 Å². The molecule has 2 aromatic rings. The summed E-state index contributed by atoms with van der Waals surface area (Å²) < 4.78 is 1.74. The average molecular weight is 177 g/mol. The molecule has 0 bridgehead atoms. The number of rotatable bonds is 2. The van der Waals surface area contributed by atoms with E-state index in [1.54, 1.807) is 17.1 Å². The quantitative estimate of drug-likeness (QED) is 0.643. The van der Waals surface area contributed by atoms with Crippen LogP contribution in [0.3, 0.4) is 0 Å². The number of nitrogens with zero attached hydrogens (tertiary/aromatic N) is 2. The molecule has 1 aromatic heterocycles. The molecule has 0 saturated heterocycles. The fourth-order valence-corrected chi connectivity index (χ4v) is 1.03. The Hall–Kier alpha value is -1.91. The third-order valence-corrected chi connectivity index (χ3v) is 1.71. The minimum atomic E-state index is -0.481. The summed E-state index contributed by atoms with van der Waals surface area (Å²) in [6.07, 6.45) is 3.32. The predicted molar refractivity (Wildman–Crippen MR) is 47.8 cm³/mol. The lowest BCUT2D eigenvalue weighted by Gasteiger charge is -2.01. The Bertz CT molecular complexity index is 505. The Kier molecular flexibility index (Phi) is 1.51. The standard InChI is InChI=1S/C8H7N3O2/c1-11-3-7(9-4-11)10-5-2-6(12)8(5)13/h2-4,10H,1H3. The first-order valence-corrected chi connectivity index (χ1v) is 3.72. The molecule has 13 heavy (non-hydrogen) atoms. The third-order valence-electron chi connectivity index (χ3n) is 1.71. The smallest absolute Gasteiger partial charge is 0.249 e. The van der Waals surface area contributed by atoms with E-state index in [9.17, 15) is 9.59 Å². The van der Waals surface area contributed by atoms with Gasteiger partial charge in [0.1, 0.15) is 5.82 Å². The van der Waals surface area contributed by atoms with Gasteiger partial charge in [0, 0.05) is 19.3 Å². The molecule has 0 aliphatic rings. The second kappa shape index (κ2) is 2.55. The number of aromatic nitrogens is 2. The third kappa shape index (κ3) is 1.24. The molecule has 0 unspecified atom stereocenters. The van der Waals surface area contributed by atoms with Crippen LogP contribution in [0.5, 0.6) is 0 Å². The number of nitrogens with one attached hydrogen (secondary N) is 1. The van der Waals surface area contributed by atoms with Gasteiger partial charge in [0.05, 0.1) is 12.0 Å². The highest BCUT2D eigenvalue weighted by Gasteiger charge is 2.09. The highest BCUT2D eigenvalue weighted by Crippen LogP contribution is 2.07. The predicted octanol–water partition coefficient (Wildman–Crippen LogP) is -0.240. The van der Waals surface area contributed by atoms with Gasteiger partial charge in [-0.15, -0.1) is 0 Å². The Morgan fingerprint density at radius 2 is 2.23 bits per heavy atom. The van der Waals surface area contributed by atoms with Gasteiger partial charge < -0.3 is 9.88 Å². The molecule has 0 fully saturated rings. The fourth-order valence-electron chi connectivity index (χ4n) is 1.03. The van der Waals surface area contributed by atoms with Crippen LogP contribution in [0.25, 0.3) is 0 Å². The number of anilines is 2. The fraction of sp³-hybridized carbons (Fsp3) is 0.125. The van der Waals surface area contributed by atoms with Gasteiger partial charge in [0.15, 0.2) is 0 Å². The van der Waals surface area contributed by atoms with Gasteiger partial charge in [-0.2, -0.15) is 0 Å². The normalized spacial score (nSPS) is 10.5. The van der Waals surface area contributed by atoms with Crippen molar-refractivity contribution >= 4 is 11.5 Å². The lowest BCUT2D eigenvalue weighted by molar-refractivity contribution is 0.913. The first-order valence-electron chi connectivity index (χ1n) is 3.72. The monoisotopic (exact) mass is 177 g/mol. The molecule has 0 saturated carbocycles.